The van der Waals surface area contributed by atoms with Gasteiger partial charge in [-0.05, 0) is 31.7 Å². The summed E-state index contributed by atoms with van der Waals surface area (Å²) in [6.45, 7) is 6.06. The Morgan fingerprint density at radius 2 is 1.84 bits per heavy atom. The van der Waals surface area contributed by atoms with Gasteiger partial charge in [-0.15, -0.1) is 0 Å². The number of aromatic nitrogens is 5. The number of carbonyl (C=O) groups is 1. The molecule has 0 spiro atoms. The Hall–Kier alpha value is -3.33. The number of carbonyl (C=O) groups excluding carboxylic acids is 1. The van der Waals surface area contributed by atoms with Crippen molar-refractivity contribution in [3.8, 4) is 11.1 Å². The first-order valence-electron chi connectivity index (χ1n) is 11.1. The molecule has 0 radical (unpaired) electrons. The van der Waals surface area contributed by atoms with Gasteiger partial charge in [-0.25, -0.2) is 9.97 Å². The van der Waals surface area contributed by atoms with Crippen LogP contribution < -0.4 is 10.2 Å². The monoisotopic (exact) mass is 433 g/mol. The highest BCUT2D eigenvalue weighted by Gasteiger charge is 2.25. The van der Waals surface area contributed by atoms with Gasteiger partial charge in [0.1, 0.15) is 5.69 Å². The fraction of sp³-hybridized carbons (Fsp3) is 0.435. The fourth-order valence-corrected chi connectivity index (χ4v) is 3.76. The molecule has 1 aliphatic heterocycles. The second-order valence-electron chi connectivity index (χ2n) is 8.41. The molecule has 3 aromatic rings. The maximum absolute atomic E-state index is 13.0. The molecule has 5 rings (SSSR count). The summed E-state index contributed by atoms with van der Waals surface area (Å²) in [5.41, 5.74) is 4.07. The highest BCUT2D eigenvalue weighted by atomic mass is 16.5. The molecule has 1 saturated carbocycles. The zero-order chi connectivity index (χ0) is 21.9. The van der Waals surface area contributed by atoms with E-state index in [0.29, 0.717) is 37.3 Å². The van der Waals surface area contributed by atoms with Crippen molar-refractivity contribution >= 4 is 11.9 Å². The van der Waals surface area contributed by atoms with Crippen LogP contribution in [0.5, 0.6) is 0 Å². The standard InChI is InChI=1S/C23H27N7O2/c1-16-9-25-20(12-24-16)13-26-22(31)21-8-18(15-30(21)14-17-2-3-17)19-10-27-23(28-11-19)29-4-6-32-7-5-29/h8-12,15,17H,2-7,13-14H2,1H3,(H,26,31). The molecule has 0 unspecified atom stereocenters. The molecule has 0 aromatic carbocycles. The first-order chi connectivity index (χ1) is 15.7. The van der Waals surface area contributed by atoms with E-state index in [2.05, 4.69) is 34.7 Å². The molecule has 32 heavy (non-hydrogen) atoms. The van der Waals surface area contributed by atoms with E-state index in [4.69, 9.17) is 4.74 Å². The first-order valence-corrected chi connectivity index (χ1v) is 11.1. The normalized spacial score (nSPS) is 16.2. The van der Waals surface area contributed by atoms with Gasteiger partial charge in [0.2, 0.25) is 5.95 Å². The van der Waals surface area contributed by atoms with Gasteiger partial charge in [0.25, 0.3) is 5.91 Å². The minimum absolute atomic E-state index is 0.120. The van der Waals surface area contributed by atoms with Gasteiger partial charge in [-0.1, -0.05) is 0 Å². The SMILES string of the molecule is Cc1cnc(CNC(=O)c2cc(-c3cnc(N4CCOCC4)nc3)cn2CC2CC2)cn1. The van der Waals surface area contributed by atoms with Crippen molar-refractivity contribution in [2.75, 3.05) is 31.2 Å². The number of rotatable bonds is 7. The van der Waals surface area contributed by atoms with Gasteiger partial charge in [-0.2, -0.15) is 0 Å². The van der Waals surface area contributed by atoms with Crippen molar-refractivity contribution < 1.29 is 9.53 Å². The predicted octanol–water partition coefficient (Wildman–Crippen LogP) is 2.22. The third-order valence-corrected chi connectivity index (χ3v) is 5.81. The number of amides is 1. The van der Waals surface area contributed by atoms with Crippen LogP contribution in [0.25, 0.3) is 11.1 Å². The molecule has 3 aromatic heterocycles. The number of morpholine rings is 1. The van der Waals surface area contributed by atoms with Crippen LogP contribution in [0.2, 0.25) is 0 Å². The summed E-state index contributed by atoms with van der Waals surface area (Å²) in [6, 6.07) is 1.92. The van der Waals surface area contributed by atoms with E-state index in [1.807, 2.05) is 31.6 Å². The molecule has 1 N–H and O–H groups in total. The quantitative estimate of drug-likeness (QED) is 0.610. The van der Waals surface area contributed by atoms with E-state index < -0.39 is 0 Å². The first kappa shape index (κ1) is 20.6. The van der Waals surface area contributed by atoms with Crippen LogP contribution in [-0.4, -0.2) is 56.7 Å². The maximum Gasteiger partial charge on any atom is 0.268 e. The third-order valence-electron chi connectivity index (χ3n) is 5.81. The summed E-state index contributed by atoms with van der Waals surface area (Å²) < 4.78 is 7.45. The van der Waals surface area contributed by atoms with E-state index in [1.165, 1.54) is 12.8 Å². The molecule has 9 heteroatoms. The number of ether oxygens (including phenoxy) is 1. The van der Waals surface area contributed by atoms with E-state index in [9.17, 15) is 4.79 Å². The Kier molecular flexibility index (Phi) is 5.81. The Balaban J connectivity index is 1.33. The van der Waals surface area contributed by atoms with Gasteiger partial charge < -0.3 is 19.5 Å². The van der Waals surface area contributed by atoms with Crippen molar-refractivity contribution in [2.45, 2.75) is 32.9 Å². The van der Waals surface area contributed by atoms with Crippen LogP contribution in [0, 0.1) is 12.8 Å². The van der Waals surface area contributed by atoms with Gasteiger partial charge in [0.05, 0.1) is 37.3 Å². The van der Waals surface area contributed by atoms with E-state index in [-0.39, 0.29) is 5.91 Å². The number of hydrogen-bond donors (Lipinski definition) is 1. The predicted molar refractivity (Wildman–Crippen MR) is 119 cm³/mol. The van der Waals surface area contributed by atoms with Crippen LogP contribution in [0.1, 0.15) is 34.7 Å². The molecular weight excluding hydrogens is 406 g/mol. The van der Waals surface area contributed by atoms with Crippen molar-refractivity contribution in [1.82, 2.24) is 29.8 Å². The number of nitrogens with zero attached hydrogens (tertiary/aromatic N) is 6. The van der Waals surface area contributed by atoms with Crippen LogP contribution in [0.15, 0.2) is 37.1 Å². The Labute approximate surface area is 186 Å². The molecule has 0 bridgehead atoms. The molecule has 166 valence electrons. The topological polar surface area (TPSA) is 98.1 Å². The van der Waals surface area contributed by atoms with Crippen molar-refractivity contribution in [3.63, 3.8) is 0 Å². The number of aryl methyl sites for hydroxylation is 1. The van der Waals surface area contributed by atoms with Crippen LogP contribution in [0.3, 0.4) is 0 Å². The lowest BCUT2D eigenvalue weighted by Gasteiger charge is -2.26. The molecule has 9 nitrogen and oxygen atoms in total. The van der Waals surface area contributed by atoms with Crippen LogP contribution >= 0.6 is 0 Å². The second-order valence-corrected chi connectivity index (χ2v) is 8.41. The summed E-state index contributed by atoms with van der Waals surface area (Å²) in [4.78, 5) is 32.8. The van der Waals surface area contributed by atoms with Gasteiger partial charge in [0.15, 0.2) is 0 Å². The molecule has 2 fully saturated rings. The van der Waals surface area contributed by atoms with E-state index in [1.54, 1.807) is 12.4 Å². The summed E-state index contributed by atoms with van der Waals surface area (Å²) in [6.07, 6.45) is 11.5. The molecular formula is C23H27N7O2. The highest BCUT2D eigenvalue weighted by molar-refractivity contribution is 5.94. The Morgan fingerprint density at radius 3 is 2.53 bits per heavy atom. The van der Waals surface area contributed by atoms with Gasteiger partial charge in [-0.3, -0.25) is 14.8 Å². The summed E-state index contributed by atoms with van der Waals surface area (Å²) in [5.74, 6) is 1.24. The number of anilines is 1. The summed E-state index contributed by atoms with van der Waals surface area (Å²) in [7, 11) is 0. The van der Waals surface area contributed by atoms with Crippen LogP contribution in [-0.2, 0) is 17.8 Å². The second kappa shape index (κ2) is 9.04. The van der Waals surface area contributed by atoms with E-state index >= 15 is 0 Å². The maximum atomic E-state index is 13.0. The fourth-order valence-electron chi connectivity index (χ4n) is 3.76. The number of nitrogens with one attached hydrogen (secondary N) is 1. The molecule has 4 heterocycles. The van der Waals surface area contributed by atoms with E-state index in [0.717, 1.165) is 42.1 Å². The Bertz CT molecular complexity index is 1070. The Morgan fingerprint density at radius 1 is 1.06 bits per heavy atom. The van der Waals surface area contributed by atoms with Crippen molar-refractivity contribution in [2.24, 2.45) is 5.92 Å². The minimum atomic E-state index is -0.120. The minimum Gasteiger partial charge on any atom is -0.378 e. The average molecular weight is 434 g/mol. The zero-order valence-corrected chi connectivity index (χ0v) is 18.2. The smallest absolute Gasteiger partial charge is 0.268 e. The lowest BCUT2D eigenvalue weighted by atomic mass is 10.2. The lowest BCUT2D eigenvalue weighted by molar-refractivity contribution is 0.0940. The average Bonchev–Trinajstić information content (AvgIpc) is 3.55. The van der Waals surface area contributed by atoms with Gasteiger partial charge in [0, 0.05) is 55.5 Å². The lowest BCUT2D eigenvalue weighted by Crippen LogP contribution is -2.37. The molecule has 1 saturated heterocycles. The molecule has 0 atom stereocenters. The summed E-state index contributed by atoms with van der Waals surface area (Å²) in [5, 5.41) is 2.97. The van der Waals surface area contributed by atoms with Gasteiger partial charge >= 0.3 is 0 Å². The zero-order valence-electron chi connectivity index (χ0n) is 18.2. The number of hydrogen-bond acceptors (Lipinski definition) is 7. The van der Waals surface area contributed by atoms with Crippen molar-refractivity contribution in [3.05, 3.63) is 54.1 Å². The van der Waals surface area contributed by atoms with Crippen molar-refractivity contribution in [1.29, 1.82) is 0 Å². The van der Waals surface area contributed by atoms with Crippen LogP contribution in [0.4, 0.5) is 5.95 Å². The third kappa shape index (κ3) is 4.77. The largest absolute Gasteiger partial charge is 0.378 e. The summed E-state index contributed by atoms with van der Waals surface area (Å²) >= 11 is 0. The highest BCUT2D eigenvalue weighted by Crippen LogP contribution is 2.32. The molecule has 1 amide bonds. The molecule has 1 aliphatic carbocycles. The molecule has 2 aliphatic rings.